The Bertz CT molecular complexity index is 670. The van der Waals surface area contributed by atoms with Crippen LogP contribution in [0.5, 0.6) is 0 Å². The molecule has 0 radical (unpaired) electrons. The summed E-state index contributed by atoms with van der Waals surface area (Å²) in [5.41, 5.74) is 1.60. The summed E-state index contributed by atoms with van der Waals surface area (Å²) in [6.07, 6.45) is 2.33. The van der Waals surface area contributed by atoms with Gasteiger partial charge in [0.2, 0.25) is 0 Å². The molecule has 0 aliphatic carbocycles. The minimum absolute atomic E-state index is 0.0917. The highest BCUT2D eigenvalue weighted by Gasteiger charge is 2.30. The van der Waals surface area contributed by atoms with Crippen LogP contribution in [0, 0.1) is 10.1 Å². The third kappa shape index (κ3) is 2.42. The van der Waals surface area contributed by atoms with Gasteiger partial charge in [-0.3, -0.25) is 10.1 Å². The fourth-order valence-corrected chi connectivity index (χ4v) is 2.76. The van der Waals surface area contributed by atoms with Crippen LogP contribution < -0.4 is 10.2 Å². The number of hydrogen-bond donors (Lipinski definition) is 1. The third-order valence-electron chi connectivity index (χ3n) is 3.88. The Morgan fingerprint density at radius 2 is 2.19 bits per heavy atom. The van der Waals surface area contributed by atoms with Gasteiger partial charge in [-0.15, -0.1) is 0 Å². The molecule has 2 aromatic rings. The molecule has 3 rings (SSSR count). The number of benzene rings is 1. The zero-order valence-electron chi connectivity index (χ0n) is 12.0. The van der Waals surface area contributed by atoms with Crippen molar-refractivity contribution in [2.45, 2.75) is 19.4 Å². The molecule has 6 heteroatoms. The van der Waals surface area contributed by atoms with E-state index in [0.717, 1.165) is 37.0 Å². The molecule has 2 heterocycles. The van der Waals surface area contributed by atoms with E-state index in [4.69, 9.17) is 0 Å². The lowest BCUT2D eigenvalue weighted by molar-refractivity contribution is -0.384. The maximum atomic E-state index is 11.4. The Labute approximate surface area is 122 Å². The van der Waals surface area contributed by atoms with Crippen molar-refractivity contribution in [1.82, 2.24) is 10.3 Å². The van der Waals surface area contributed by atoms with E-state index in [1.807, 2.05) is 24.3 Å². The van der Waals surface area contributed by atoms with Gasteiger partial charge >= 0.3 is 5.69 Å². The molecular weight excluding hydrogens is 268 g/mol. The molecule has 0 spiro atoms. The molecule has 6 nitrogen and oxygen atoms in total. The summed E-state index contributed by atoms with van der Waals surface area (Å²) in [5, 5.41) is 15.5. The van der Waals surface area contributed by atoms with Crippen LogP contribution in [0.2, 0.25) is 0 Å². The lowest BCUT2D eigenvalue weighted by atomic mass is 10.1. The first kappa shape index (κ1) is 13.8. The van der Waals surface area contributed by atoms with Gasteiger partial charge in [-0.05, 0) is 12.5 Å². The van der Waals surface area contributed by atoms with Gasteiger partial charge in [-0.1, -0.05) is 25.1 Å². The summed E-state index contributed by atoms with van der Waals surface area (Å²) in [6, 6.07) is 7.93. The van der Waals surface area contributed by atoms with Crippen LogP contribution in [-0.2, 0) is 0 Å². The Morgan fingerprint density at radius 1 is 1.43 bits per heavy atom. The molecule has 1 aromatic carbocycles. The van der Waals surface area contributed by atoms with Crippen LogP contribution >= 0.6 is 0 Å². The molecule has 21 heavy (non-hydrogen) atoms. The summed E-state index contributed by atoms with van der Waals surface area (Å²) in [7, 11) is 0. The molecule has 1 aliphatic rings. The number of para-hydroxylation sites is 1. The number of hydrogen-bond acceptors (Lipinski definition) is 5. The van der Waals surface area contributed by atoms with Crippen molar-refractivity contribution in [3.63, 3.8) is 0 Å². The molecule has 0 unspecified atom stereocenters. The van der Waals surface area contributed by atoms with Gasteiger partial charge in [0.15, 0.2) is 0 Å². The van der Waals surface area contributed by atoms with Crippen molar-refractivity contribution in [3.8, 4) is 0 Å². The van der Waals surface area contributed by atoms with Gasteiger partial charge in [0, 0.05) is 25.0 Å². The quantitative estimate of drug-likeness (QED) is 0.674. The molecule has 0 bridgehead atoms. The normalized spacial score (nSPS) is 14.9. The highest BCUT2D eigenvalue weighted by atomic mass is 16.6. The number of nitro groups is 1. The molecule has 110 valence electrons. The van der Waals surface area contributed by atoms with Gasteiger partial charge in [-0.25, -0.2) is 4.98 Å². The fourth-order valence-electron chi connectivity index (χ4n) is 2.76. The predicted molar refractivity (Wildman–Crippen MR) is 82.7 cm³/mol. The molecule has 0 saturated carbocycles. The second-order valence-electron chi connectivity index (χ2n) is 5.27. The van der Waals surface area contributed by atoms with Crippen molar-refractivity contribution < 1.29 is 4.92 Å². The van der Waals surface area contributed by atoms with E-state index in [0.29, 0.717) is 11.7 Å². The molecule has 1 aliphatic heterocycles. The van der Waals surface area contributed by atoms with Crippen molar-refractivity contribution in [1.29, 1.82) is 0 Å². The van der Waals surface area contributed by atoms with E-state index in [1.54, 1.807) is 0 Å². The average molecular weight is 286 g/mol. The van der Waals surface area contributed by atoms with Crippen LogP contribution in [0.15, 0.2) is 30.5 Å². The largest absolute Gasteiger partial charge is 0.360 e. The number of pyridine rings is 1. The Hall–Kier alpha value is -2.21. The van der Waals surface area contributed by atoms with Crippen molar-refractivity contribution in [2.75, 3.05) is 24.5 Å². The summed E-state index contributed by atoms with van der Waals surface area (Å²) < 4.78 is 0. The van der Waals surface area contributed by atoms with E-state index < -0.39 is 0 Å². The maximum Gasteiger partial charge on any atom is 0.311 e. The summed E-state index contributed by atoms with van der Waals surface area (Å²) in [5.74, 6) is 0. The Balaban J connectivity index is 2.20. The van der Waals surface area contributed by atoms with E-state index >= 15 is 0 Å². The Kier molecular flexibility index (Phi) is 3.70. The highest BCUT2D eigenvalue weighted by molar-refractivity contribution is 5.96. The predicted octanol–water partition coefficient (Wildman–Crippen LogP) is 2.33. The van der Waals surface area contributed by atoms with Crippen LogP contribution in [0.4, 0.5) is 11.4 Å². The Morgan fingerprint density at radius 3 is 2.81 bits per heavy atom. The number of anilines is 1. The second kappa shape index (κ2) is 5.65. The lowest BCUT2D eigenvalue weighted by Crippen LogP contribution is -2.57. The van der Waals surface area contributed by atoms with E-state index in [1.165, 1.54) is 6.20 Å². The average Bonchev–Trinajstić information content (AvgIpc) is 2.43. The van der Waals surface area contributed by atoms with E-state index in [9.17, 15) is 10.1 Å². The van der Waals surface area contributed by atoms with Gasteiger partial charge in [-0.2, -0.15) is 0 Å². The van der Waals surface area contributed by atoms with Crippen molar-refractivity contribution in [3.05, 3.63) is 40.6 Å². The minimum Gasteiger partial charge on any atom is -0.360 e. The van der Waals surface area contributed by atoms with Crippen LogP contribution in [-0.4, -0.2) is 35.6 Å². The zero-order valence-corrected chi connectivity index (χ0v) is 12.0. The van der Waals surface area contributed by atoms with Crippen molar-refractivity contribution in [2.24, 2.45) is 0 Å². The summed E-state index contributed by atoms with van der Waals surface area (Å²) in [6.45, 7) is 4.64. The lowest BCUT2D eigenvalue weighted by Gasteiger charge is -2.39. The van der Waals surface area contributed by atoms with E-state index in [-0.39, 0.29) is 10.6 Å². The van der Waals surface area contributed by atoms with Crippen molar-refractivity contribution >= 4 is 22.3 Å². The number of rotatable bonds is 5. The number of fused-ring (bicyclic) bond motifs is 1. The first-order chi connectivity index (χ1) is 10.2. The monoisotopic (exact) mass is 286 g/mol. The number of nitrogens with zero attached hydrogens (tertiary/aromatic N) is 3. The molecule has 0 atom stereocenters. The minimum atomic E-state index is -0.330. The second-order valence-corrected chi connectivity index (χ2v) is 5.27. The zero-order chi connectivity index (χ0) is 14.8. The number of nitrogens with one attached hydrogen (secondary N) is 1. The fraction of sp³-hybridized carbons (Fsp3) is 0.400. The third-order valence-corrected chi connectivity index (χ3v) is 3.88. The molecule has 0 amide bonds. The first-order valence-corrected chi connectivity index (χ1v) is 7.22. The van der Waals surface area contributed by atoms with Gasteiger partial charge in [0.1, 0.15) is 11.9 Å². The molecule has 1 fully saturated rings. The van der Waals surface area contributed by atoms with Gasteiger partial charge in [0.25, 0.3) is 0 Å². The summed E-state index contributed by atoms with van der Waals surface area (Å²) in [4.78, 5) is 17.5. The van der Waals surface area contributed by atoms with Gasteiger partial charge in [0.05, 0.1) is 16.5 Å². The molecule has 1 saturated heterocycles. The van der Waals surface area contributed by atoms with Crippen LogP contribution in [0.25, 0.3) is 10.9 Å². The van der Waals surface area contributed by atoms with Crippen LogP contribution in [0.1, 0.15) is 13.3 Å². The molecular formula is C15H18N4O2. The molecule has 1 N–H and O–H groups in total. The summed E-state index contributed by atoms with van der Waals surface area (Å²) >= 11 is 0. The smallest absolute Gasteiger partial charge is 0.311 e. The first-order valence-electron chi connectivity index (χ1n) is 7.22. The standard InChI is InChI=1S/C15H18N4O2/c1-2-7-18(11-8-16-9-11)15-12-5-3-4-6-13(12)17-10-14(15)19(20)21/h3-6,10-11,16H,2,7-9H2,1H3. The maximum absolute atomic E-state index is 11.4. The van der Waals surface area contributed by atoms with Crippen LogP contribution in [0.3, 0.4) is 0 Å². The number of aromatic nitrogens is 1. The highest BCUT2D eigenvalue weighted by Crippen LogP contribution is 2.36. The van der Waals surface area contributed by atoms with Gasteiger partial charge < -0.3 is 10.2 Å². The van der Waals surface area contributed by atoms with E-state index in [2.05, 4.69) is 22.1 Å². The molecule has 1 aromatic heterocycles. The SMILES string of the molecule is CCCN(c1c([N+](=O)[O-])cnc2ccccc12)C1CNC1. The topological polar surface area (TPSA) is 71.3 Å².